The Balaban J connectivity index is 0.903. The summed E-state index contributed by atoms with van der Waals surface area (Å²) in [7, 11) is 0. The van der Waals surface area contributed by atoms with E-state index < -0.39 is 0 Å². The molecular weight excluding hydrogens is 773 g/mol. The van der Waals surface area contributed by atoms with Crippen LogP contribution < -0.4 is 0 Å². The van der Waals surface area contributed by atoms with Gasteiger partial charge in [-0.15, -0.1) is 0 Å². The molecule has 13 aromatic rings. The van der Waals surface area contributed by atoms with Gasteiger partial charge in [0.15, 0.2) is 17.5 Å². The van der Waals surface area contributed by atoms with Crippen LogP contribution in [0.4, 0.5) is 0 Å². The van der Waals surface area contributed by atoms with Crippen LogP contribution in [0.25, 0.3) is 128 Å². The molecule has 0 bridgehead atoms. The van der Waals surface area contributed by atoms with E-state index in [4.69, 9.17) is 23.8 Å². The Morgan fingerprint density at radius 2 is 0.778 bits per heavy atom. The van der Waals surface area contributed by atoms with Crippen LogP contribution in [0.2, 0.25) is 0 Å². The molecule has 9 aromatic carbocycles. The monoisotopic (exact) mass is 806 g/mol. The smallest absolute Gasteiger partial charge is 0.164 e. The van der Waals surface area contributed by atoms with Gasteiger partial charge in [-0.05, 0) is 76.9 Å². The van der Waals surface area contributed by atoms with Crippen LogP contribution in [0.15, 0.2) is 215 Å². The lowest BCUT2D eigenvalue weighted by Crippen LogP contribution is -2.00. The summed E-state index contributed by atoms with van der Waals surface area (Å²) < 4.78 is 15.5. The molecule has 0 aliphatic heterocycles. The quantitative estimate of drug-likeness (QED) is 0.167. The maximum Gasteiger partial charge on any atom is 0.164 e. The Hall–Kier alpha value is -8.61. The molecule has 6 heteroatoms. The van der Waals surface area contributed by atoms with E-state index in [-0.39, 0.29) is 0 Å². The summed E-state index contributed by atoms with van der Waals surface area (Å²) in [5, 5.41) is 6.64. The number of fused-ring (bicyclic) bond motifs is 9. The second-order valence-corrected chi connectivity index (χ2v) is 16.0. The van der Waals surface area contributed by atoms with E-state index in [1.165, 1.54) is 21.9 Å². The van der Waals surface area contributed by atoms with Gasteiger partial charge in [0.05, 0.1) is 11.0 Å². The van der Waals surface area contributed by atoms with Gasteiger partial charge in [0.1, 0.15) is 22.3 Å². The number of hydrogen-bond acceptors (Lipinski definition) is 5. The van der Waals surface area contributed by atoms with E-state index in [0.29, 0.717) is 17.5 Å². The summed E-state index contributed by atoms with van der Waals surface area (Å²) in [6.07, 6.45) is 0. The minimum Gasteiger partial charge on any atom is -0.456 e. The molecule has 0 aliphatic carbocycles. The molecule has 0 unspecified atom stereocenters. The first-order chi connectivity index (χ1) is 31.2. The van der Waals surface area contributed by atoms with Gasteiger partial charge in [0.25, 0.3) is 0 Å². The van der Waals surface area contributed by atoms with Gasteiger partial charge in [-0.2, -0.15) is 0 Å². The summed E-state index contributed by atoms with van der Waals surface area (Å²) in [6, 6.07) is 71.5. The van der Waals surface area contributed by atoms with Gasteiger partial charge in [-0.3, -0.25) is 0 Å². The molecule has 0 N–H and O–H groups in total. The Kier molecular flexibility index (Phi) is 7.80. The summed E-state index contributed by atoms with van der Waals surface area (Å²) >= 11 is 0. The molecule has 13 rings (SSSR count). The zero-order valence-electron chi connectivity index (χ0n) is 33.7. The zero-order chi connectivity index (χ0) is 41.4. The molecule has 4 aromatic heterocycles. The number of nitrogens with zero attached hydrogens (tertiary/aromatic N) is 4. The molecule has 0 radical (unpaired) electrons. The topological polar surface area (TPSA) is 69.9 Å². The van der Waals surface area contributed by atoms with Gasteiger partial charge in [-0.25, -0.2) is 15.0 Å². The van der Waals surface area contributed by atoms with Crippen LogP contribution in [-0.2, 0) is 0 Å². The fourth-order valence-electron chi connectivity index (χ4n) is 9.27. The average Bonchev–Trinajstić information content (AvgIpc) is 4.03. The summed E-state index contributed by atoms with van der Waals surface area (Å²) in [4.78, 5) is 15.2. The second-order valence-electron chi connectivity index (χ2n) is 16.0. The van der Waals surface area contributed by atoms with Crippen molar-refractivity contribution < 1.29 is 8.83 Å². The third-order valence-electron chi connectivity index (χ3n) is 12.3. The lowest BCUT2D eigenvalue weighted by atomic mass is 9.96. The first-order valence-electron chi connectivity index (χ1n) is 21.1. The van der Waals surface area contributed by atoms with Crippen molar-refractivity contribution in [1.29, 1.82) is 0 Å². The van der Waals surface area contributed by atoms with Gasteiger partial charge >= 0.3 is 0 Å². The minimum atomic E-state index is 0.554. The molecule has 294 valence electrons. The number of rotatable bonds is 6. The van der Waals surface area contributed by atoms with Crippen molar-refractivity contribution in [3.8, 4) is 62.1 Å². The van der Waals surface area contributed by atoms with Crippen molar-refractivity contribution in [1.82, 2.24) is 19.5 Å². The van der Waals surface area contributed by atoms with E-state index in [9.17, 15) is 0 Å². The molecule has 0 spiro atoms. The summed E-state index contributed by atoms with van der Waals surface area (Å²) in [5.41, 5.74) is 13.7. The minimum absolute atomic E-state index is 0.554. The SMILES string of the molecule is c1ccc(-c2ccc(-c3cccc4oc5cc(-c6nc(-c7ccccc7)nc(-c7ccc8c(c7)oc7cc(-n9c%10ccccc%10c%10ccccc%109)ccc78)n6)ccc5c34)cc2)cc1. The molecule has 0 saturated carbocycles. The van der Waals surface area contributed by atoms with E-state index in [2.05, 4.69) is 156 Å². The standard InChI is InChI=1S/C57H34N4O2/c1-3-12-35(13-4-1)36-22-24-37(25-23-36)42-18-11-21-50-54(42)47-30-27-40(33-52(47)62-50)57-59-55(38-14-5-2-6-15-38)58-56(60-57)39-26-29-45-46-31-28-41(34-53(46)63-51(45)32-39)61-48-19-9-7-16-43(48)44-17-8-10-20-49(44)61/h1-34H. The van der Waals surface area contributed by atoms with E-state index in [0.717, 1.165) is 88.4 Å². The lowest BCUT2D eigenvalue weighted by molar-refractivity contribution is 0.668. The highest BCUT2D eigenvalue weighted by Gasteiger charge is 2.19. The predicted molar refractivity (Wildman–Crippen MR) is 256 cm³/mol. The molecule has 0 saturated heterocycles. The van der Waals surface area contributed by atoms with Gasteiger partial charge in [0, 0.05) is 60.8 Å². The number of hydrogen-bond donors (Lipinski definition) is 0. The predicted octanol–water partition coefficient (Wildman–Crippen LogP) is 15.1. The summed E-state index contributed by atoms with van der Waals surface area (Å²) in [5.74, 6) is 1.69. The normalized spacial score (nSPS) is 11.8. The third kappa shape index (κ3) is 5.76. The summed E-state index contributed by atoms with van der Waals surface area (Å²) in [6.45, 7) is 0. The molecule has 0 aliphatic rings. The highest BCUT2D eigenvalue weighted by molar-refractivity contribution is 6.13. The van der Waals surface area contributed by atoms with Crippen LogP contribution in [0.3, 0.4) is 0 Å². The number of furan rings is 2. The van der Waals surface area contributed by atoms with Crippen LogP contribution in [0.1, 0.15) is 0 Å². The van der Waals surface area contributed by atoms with Crippen molar-refractivity contribution in [2.45, 2.75) is 0 Å². The van der Waals surface area contributed by atoms with Crippen molar-refractivity contribution in [3.63, 3.8) is 0 Å². The second kappa shape index (κ2) is 14.0. The Morgan fingerprint density at radius 3 is 1.44 bits per heavy atom. The van der Waals surface area contributed by atoms with E-state index in [1.807, 2.05) is 54.6 Å². The average molecular weight is 807 g/mol. The van der Waals surface area contributed by atoms with Crippen LogP contribution in [-0.4, -0.2) is 19.5 Å². The number of para-hydroxylation sites is 2. The van der Waals surface area contributed by atoms with Gasteiger partial charge in [-0.1, -0.05) is 146 Å². The highest BCUT2D eigenvalue weighted by Crippen LogP contribution is 2.40. The third-order valence-corrected chi connectivity index (χ3v) is 12.3. The molecule has 0 fully saturated rings. The Labute approximate surface area is 361 Å². The first-order valence-corrected chi connectivity index (χ1v) is 21.1. The first kappa shape index (κ1) is 35.2. The molecule has 0 atom stereocenters. The lowest BCUT2D eigenvalue weighted by Gasteiger charge is -2.09. The largest absolute Gasteiger partial charge is 0.456 e. The number of aromatic nitrogens is 4. The van der Waals surface area contributed by atoms with E-state index in [1.54, 1.807) is 0 Å². The van der Waals surface area contributed by atoms with Crippen LogP contribution in [0, 0.1) is 0 Å². The van der Waals surface area contributed by atoms with Crippen molar-refractivity contribution >= 4 is 65.7 Å². The van der Waals surface area contributed by atoms with Gasteiger partial charge < -0.3 is 13.4 Å². The Morgan fingerprint density at radius 1 is 0.302 bits per heavy atom. The van der Waals surface area contributed by atoms with Crippen molar-refractivity contribution in [2.75, 3.05) is 0 Å². The molecule has 6 nitrogen and oxygen atoms in total. The molecule has 4 heterocycles. The maximum absolute atomic E-state index is 6.65. The maximum atomic E-state index is 6.65. The fraction of sp³-hybridized carbons (Fsp3) is 0. The molecule has 63 heavy (non-hydrogen) atoms. The molecular formula is C57H34N4O2. The zero-order valence-corrected chi connectivity index (χ0v) is 33.7. The van der Waals surface area contributed by atoms with Crippen molar-refractivity contribution in [3.05, 3.63) is 206 Å². The highest BCUT2D eigenvalue weighted by atomic mass is 16.3. The van der Waals surface area contributed by atoms with Gasteiger partial charge in [0.2, 0.25) is 0 Å². The number of benzene rings is 9. The Bertz CT molecular complexity index is 3850. The van der Waals surface area contributed by atoms with E-state index >= 15 is 0 Å². The van der Waals surface area contributed by atoms with Crippen molar-refractivity contribution in [2.24, 2.45) is 0 Å². The van der Waals surface area contributed by atoms with Crippen LogP contribution >= 0.6 is 0 Å². The fourth-order valence-corrected chi connectivity index (χ4v) is 9.27. The van der Waals surface area contributed by atoms with Crippen LogP contribution in [0.5, 0.6) is 0 Å². The molecule has 0 amide bonds.